The van der Waals surface area contributed by atoms with Crippen LogP contribution < -0.4 is 0 Å². The van der Waals surface area contributed by atoms with Gasteiger partial charge in [0.05, 0.1) is 0 Å². The number of rotatable bonds is 4. The van der Waals surface area contributed by atoms with Gasteiger partial charge in [-0.2, -0.15) is 0 Å². The number of phenols is 1. The smallest absolute Gasteiger partial charge is 0.115 e. The monoisotopic (exact) mass is 274 g/mol. The van der Waals surface area contributed by atoms with E-state index in [1.165, 1.54) is 50.0 Å². The maximum Gasteiger partial charge on any atom is 0.115 e. The molecule has 0 aromatic heterocycles. The minimum Gasteiger partial charge on any atom is -0.508 e. The molecule has 1 fully saturated rings. The van der Waals surface area contributed by atoms with Crippen molar-refractivity contribution >= 4 is 0 Å². The molecule has 0 amide bonds. The first-order chi connectivity index (χ1) is 9.69. The zero-order chi connectivity index (χ0) is 14.1. The molecule has 20 heavy (non-hydrogen) atoms. The third kappa shape index (κ3) is 2.57. The van der Waals surface area contributed by atoms with Gasteiger partial charge < -0.3 is 5.11 Å². The Bertz CT molecular complexity index is 474. The van der Waals surface area contributed by atoms with Gasteiger partial charge in [0.25, 0.3) is 0 Å². The molecule has 2 aliphatic rings. The molecule has 1 saturated heterocycles. The summed E-state index contributed by atoms with van der Waals surface area (Å²) in [6.07, 6.45) is 4.98. The molecule has 2 atom stereocenters. The first-order valence-corrected chi connectivity index (χ1v) is 7.95. The number of phenolic OH excluding ortho intramolecular Hbond substituents is 1. The molecule has 1 heterocycles. The lowest BCUT2D eigenvalue weighted by Crippen LogP contribution is -2.39. The molecular weight excluding hydrogens is 248 g/mol. The summed E-state index contributed by atoms with van der Waals surface area (Å²) in [6.45, 7) is 5.88. The first-order valence-electron chi connectivity index (χ1n) is 7.95. The Morgan fingerprint density at radius 2 is 2.20 bits per heavy atom. The van der Waals surface area contributed by atoms with E-state index >= 15 is 0 Å². The second-order valence-electron chi connectivity index (χ2n) is 6.30. The van der Waals surface area contributed by atoms with E-state index in [2.05, 4.69) is 29.8 Å². The van der Waals surface area contributed by atoms with Gasteiger partial charge in [0.2, 0.25) is 0 Å². The fourth-order valence-electron chi connectivity index (χ4n) is 4.02. The normalized spacial score (nSPS) is 26.4. The Labute approximate surface area is 122 Å². The summed E-state index contributed by atoms with van der Waals surface area (Å²) in [5.41, 5.74) is 2.76. The van der Waals surface area contributed by atoms with Crippen molar-refractivity contribution in [2.75, 3.05) is 26.7 Å². The van der Waals surface area contributed by atoms with E-state index in [4.69, 9.17) is 0 Å². The Morgan fingerprint density at radius 1 is 1.35 bits per heavy atom. The maximum absolute atomic E-state index is 9.60. The fraction of sp³-hybridized carbons (Fsp3) is 0.647. The van der Waals surface area contributed by atoms with Gasteiger partial charge in [-0.15, -0.1) is 0 Å². The van der Waals surface area contributed by atoms with Crippen LogP contribution in [-0.2, 0) is 6.42 Å². The number of hydrogen-bond donors (Lipinski definition) is 1. The van der Waals surface area contributed by atoms with Gasteiger partial charge >= 0.3 is 0 Å². The topological polar surface area (TPSA) is 26.7 Å². The number of likely N-dealkylation sites (tertiary alicyclic amines) is 1. The molecular formula is C17H26N2O. The molecule has 1 aromatic rings. The molecule has 0 bridgehead atoms. The summed E-state index contributed by atoms with van der Waals surface area (Å²) in [5.74, 6) is 0.403. The number of aromatic hydroxyl groups is 1. The van der Waals surface area contributed by atoms with Crippen LogP contribution in [0.2, 0.25) is 0 Å². The van der Waals surface area contributed by atoms with Crippen LogP contribution in [0, 0.1) is 0 Å². The van der Waals surface area contributed by atoms with E-state index in [0.717, 1.165) is 12.5 Å². The van der Waals surface area contributed by atoms with Crippen LogP contribution in [0.25, 0.3) is 0 Å². The summed E-state index contributed by atoms with van der Waals surface area (Å²) < 4.78 is 0. The average Bonchev–Trinajstić information content (AvgIpc) is 3.04. The highest BCUT2D eigenvalue weighted by molar-refractivity contribution is 5.40. The Hall–Kier alpha value is -1.06. The lowest BCUT2D eigenvalue weighted by molar-refractivity contribution is 0.163. The molecule has 0 saturated carbocycles. The van der Waals surface area contributed by atoms with Gasteiger partial charge in [0.1, 0.15) is 5.75 Å². The number of nitrogens with zero attached hydrogens (tertiary/aromatic N) is 2. The van der Waals surface area contributed by atoms with E-state index in [0.29, 0.717) is 11.8 Å². The molecule has 0 radical (unpaired) electrons. The Balaban J connectivity index is 1.69. The lowest BCUT2D eigenvalue weighted by atomic mass is 10.1. The van der Waals surface area contributed by atoms with Gasteiger partial charge in [0, 0.05) is 18.6 Å². The highest BCUT2D eigenvalue weighted by atomic mass is 16.3. The molecule has 3 heteroatoms. The Morgan fingerprint density at radius 3 is 3.00 bits per heavy atom. The van der Waals surface area contributed by atoms with Gasteiger partial charge in [-0.1, -0.05) is 13.0 Å². The summed E-state index contributed by atoms with van der Waals surface area (Å²) in [4.78, 5) is 5.14. The van der Waals surface area contributed by atoms with Crippen molar-refractivity contribution in [1.29, 1.82) is 0 Å². The molecule has 0 spiro atoms. The van der Waals surface area contributed by atoms with Crippen molar-refractivity contribution in [3.63, 3.8) is 0 Å². The van der Waals surface area contributed by atoms with Crippen molar-refractivity contribution in [2.45, 2.75) is 44.7 Å². The van der Waals surface area contributed by atoms with Gasteiger partial charge in [-0.3, -0.25) is 9.80 Å². The third-order valence-electron chi connectivity index (χ3n) is 5.11. The van der Waals surface area contributed by atoms with Crippen molar-refractivity contribution in [2.24, 2.45) is 0 Å². The molecule has 3 nitrogen and oxygen atoms in total. The first kappa shape index (κ1) is 13.9. The van der Waals surface area contributed by atoms with E-state index in [1.54, 1.807) is 0 Å². The van der Waals surface area contributed by atoms with Crippen LogP contribution >= 0.6 is 0 Å². The minimum absolute atomic E-state index is 0.403. The largest absolute Gasteiger partial charge is 0.508 e. The maximum atomic E-state index is 9.60. The summed E-state index contributed by atoms with van der Waals surface area (Å²) in [7, 11) is 2.26. The van der Waals surface area contributed by atoms with Gasteiger partial charge in [-0.05, 0) is 69.1 Å². The second-order valence-corrected chi connectivity index (χ2v) is 6.30. The minimum atomic E-state index is 0.403. The second kappa shape index (κ2) is 5.74. The highest BCUT2D eigenvalue weighted by Crippen LogP contribution is 2.37. The van der Waals surface area contributed by atoms with Crippen LogP contribution in [0.15, 0.2) is 18.2 Å². The number of fused-ring (bicyclic) bond motifs is 1. The predicted octanol–water partition coefficient (Wildman–Crippen LogP) is 2.80. The zero-order valence-electron chi connectivity index (χ0n) is 12.7. The molecule has 1 aliphatic heterocycles. The molecule has 3 rings (SSSR count). The number of benzene rings is 1. The molecule has 1 aliphatic carbocycles. The van der Waals surface area contributed by atoms with Crippen LogP contribution in [0.4, 0.5) is 0 Å². The van der Waals surface area contributed by atoms with E-state index < -0.39 is 0 Å². The predicted molar refractivity (Wildman–Crippen MR) is 82.1 cm³/mol. The van der Waals surface area contributed by atoms with Crippen LogP contribution in [0.3, 0.4) is 0 Å². The van der Waals surface area contributed by atoms with Crippen molar-refractivity contribution in [3.8, 4) is 5.75 Å². The molecule has 1 aromatic carbocycles. The standard InChI is InChI=1S/C17H26N2O/c1-3-19-10-4-5-14(19)12-18(2)17-9-6-13-11-15(20)7-8-16(13)17/h7-8,11,14,17,20H,3-6,9-10,12H2,1-2H3. The molecule has 110 valence electrons. The van der Waals surface area contributed by atoms with Crippen molar-refractivity contribution in [1.82, 2.24) is 9.80 Å². The zero-order valence-corrected chi connectivity index (χ0v) is 12.7. The lowest BCUT2D eigenvalue weighted by Gasteiger charge is -2.31. The third-order valence-corrected chi connectivity index (χ3v) is 5.11. The van der Waals surface area contributed by atoms with Crippen LogP contribution in [-0.4, -0.2) is 47.6 Å². The fourth-order valence-corrected chi connectivity index (χ4v) is 4.02. The summed E-state index contributed by atoms with van der Waals surface area (Å²) in [5, 5.41) is 9.60. The van der Waals surface area contributed by atoms with Crippen LogP contribution in [0.5, 0.6) is 5.75 Å². The molecule has 1 N–H and O–H groups in total. The molecule has 2 unspecified atom stereocenters. The SMILES string of the molecule is CCN1CCCC1CN(C)C1CCc2cc(O)ccc21. The number of likely N-dealkylation sites (N-methyl/N-ethyl adjacent to an activating group) is 2. The van der Waals surface area contributed by atoms with E-state index in [-0.39, 0.29) is 0 Å². The van der Waals surface area contributed by atoms with Gasteiger partial charge in [-0.25, -0.2) is 0 Å². The van der Waals surface area contributed by atoms with Crippen molar-refractivity contribution in [3.05, 3.63) is 29.3 Å². The summed E-state index contributed by atoms with van der Waals surface area (Å²) >= 11 is 0. The average molecular weight is 274 g/mol. The Kier molecular flexibility index (Phi) is 3.99. The summed E-state index contributed by atoms with van der Waals surface area (Å²) in [6, 6.07) is 7.15. The number of hydrogen-bond acceptors (Lipinski definition) is 3. The van der Waals surface area contributed by atoms with Crippen LogP contribution in [0.1, 0.15) is 43.4 Å². The van der Waals surface area contributed by atoms with E-state index in [9.17, 15) is 5.11 Å². The number of aryl methyl sites for hydroxylation is 1. The van der Waals surface area contributed by atoms with E-state index in [1.807, 2.05) is 12.1 Å². The quantitative estimate of drug-likeness (QED) is 0.914. The highest BCUT2D eigenvalue weighted by Gasteiger charge is 2.30. The van der Waals surface area contributed by atoms with Gasteiger partial charge in [0.15, 0.2) is 0 Å². The van der Waals surface area contributed by atoms with Crippen molar-refractivity contribution < 1.29 is 5.11 Å².